The summed E-state index contributed by atoms with van der Waals surface area (Å²) >= 11 is 12.7. The number of aliphatic hydroxyl groups is 1. The molecule has 1 aromatic heterocycles. The number of halogens is 5. The van der Waals surface area contributed by atoms with Crippen LogP contribution < -0.4 is 9.46 Å². The smallest absolute Gasteiger partial charge is 0.406 e. The molecule has 1 aliphatic heterocycles. The summed E-state index contributed by atoms with van der Waals surface area (Å²) in [5.41, 5.74) is 1.70. The number of nitrogens with zero attached hydrogens (tertiary/aromatic N) is 2. The molecule has 2 aliphatic rings. The van der Waals surface area contributed by atoms with Crippen molar-refractivity contribution in [3.05, 3.63) is 70.7 Å². The molecule has 1 unspecified atom stereocenters. The summed E-state index contributed by atoms with van der Waals surface area (Å²) in [4.78, 5) is 0.187. The highest BCUT2D eigenvalue weighted by Gasteiger charge is 2.36. The number of ether oxygens (including phenoxy) is 2. The molecule has 2 N–H and O–H groups in total. The summed E-state index contributed by atoms with van der Waals surface area (Å²) in [6.07, 6.45) is -3.51. The first-order chi connectivity index (χ1) is 20.0. The van der Waals surface area contributed by atoms with Gasteiger partial charge in [0.05, 0.1) is 36.2 Å². The Labute approximate surface area is 250 Å². The predicted octanol–water partition coefficient (Wildman–Crippen LogP) is 7.13. The van der Waals surface area contributed by atoms with Crippen molar-refractivity contribution < 1.29 is 32.0 Å². The number of nitrogens with one attached hydrogen (secondary N) is 1. The summed E-state index contributed by atoms with van der Waals surface area (Å²) in [5.74, 6) is -0.126. The summed E-state index contributed by atoms with van der Waals surface area (Å²) in [7, 11) is -3.37. The number of hydrogen-bond donors (Lipinski definition) is 2. The third-order valence-electron chi connectivity index (χ3n) is 7.62. The van der Waals surface area contributed by atoms with Crippen LogP contribution in [0.15, 0.2) is 69.9 Å². The lowest BCUT2D eigenvalue weighted by Gasteiger charge is -2.30. The molecular weight excluding hydrogens is 614 g/mol. The van der Waals surface area contributed by atoms with E-state index in [0.29, 0.717) is 35.5 Å². The second-order valence-corrected chi connectivity index (χ2v) is 13.5. The molecule has 0 bridgehead atoms. The van der Waals surface area contributed by atoms with Gasteiger partial charge in [-0.05, 0) is 85.8 Å². The van der Waals surface area contributed by atoms with Crippen LogP contribution in [0.1, 0.15) is 25.3 Å². The van der Waals surface area contributed by atoms with Gasteiger partial charge in [-0.2, -0.15) is 0 Å². The van der Waals surface area contributed by atoms with Crippen molar-refractivity contribution in [1.82, 2.24) is 9.29 Å². The van der Waals surface area contributed by atoms with E-state index in [0.717, 1.165) is 46.8 Å². The van der Waals surface area contributed by atoms with E-state index >= 15 is 0 Å². The Hall–Kier alpha value is -2.54. The van der Waals surface area contributed by atoms with E-state index in [2.05, 4.69) is 13.8 Å². The molecule has 4 atom stereocenters. The lowest BCUT2D eigenvalue weighted by atomic mass is 10.0. The van der Waals surface area contributed by atoms with Crippen LogP contribution in [0.25, 0.3) is 21.8 Å². The SMILES string of the molecule is O=S(=NCC1CC1)(N[C@H]1COCC[C@@H](n2c3ccc(Cl)cc3c3cc(Cl)ccc32)[C@H]1O)c1ccc(OC(F)(F)F)cc1. The average Bonchev–Trinajstić information content (AvgIpc) is 3.74. The van der Waals surface area contributed by atoms with Crippen LogP contribution in [-0.2, 0) is 14.7 Å². The molecule has 2 heterocycles. The van der Waals surface area contributed by atoms with E-state index < -0.39 is 40.2 Å². The molecule has 7 nitrogen and oxygen atoms in total. The molecule has 4 aromatic rings. The number of benzene rings is 3. The summed E-state index contributed by atoms with van der Waals surface area (Å²) in [5, 5.41) is 14.7. The predicted molar refractivity (Wildman–Crippen MR) is 156 cm³/mol. The minimum atomic E-state index is -4.85. The minimum absolute atomic E-state index is 0.0532. The van der Waals surface area contributed by atoms with Crippen molar-refractivity contribution in [2.24, 2.45) is 10.3 Å². The van der Waals surface area contributed by atoms with Gasteiger partial charge in [-0.15, -0.1) is 13.2 Å². The molecule has 2 fully saturated rings. The average molecular weight is 643 g/mol. The molecule has 0 amide bonds. The number of hydrogen-bond acceptors (Lipinski definition) is 5. The molecule has 6 rings (SSSR count). The molecule has 0 spiro atoms. The standard InChI is InChI=1S/C29H28Cl2F3N3O4S/c30-18-3-9-25-22(13-18)23-14-19(31)4-10-26(23)37(25)27-11-12-40-16-24(28(27)38)36-42(39,35-15-17-1-2-17)21-7-5-20(6-8-21)41-29(32,33)34/h3-10,13-14,17,24,27-28,38H,1-2,11-12,15-16H2,(H,35,36,39)/t24-,27+,28-,42?/m0/s1. The van der Waals surface area contributed by atoms with Crippen LogP contribution in [0.3, 0.4) is 0 Å². The minimum Gasteiger partial charge on any atom is -0.406 e. The number of rotatable bonds is 7. The van der Waals surface area contributed by atoms with Crippen LogP contribution in [0.5, 0.6) is 5.75 Å². The van der Waals surface area contributed by atoms with Gasteiger partial charge >= 0.3 is 6.36 Å². The van der Waals surface area contributed by atoms with Crippen LogP contribution in [0.4, 0.5) is 13.2 Å². The zero-order valence-corrected chi connectivity index (χ0v) is 24.5. The third-order valence-corrected chi connectivity index (χ3v) is 10.1. The Morgan fingerprint density at radius 3 is 2.19 bits per heavy atom. The second-order valence-electron chi connectivity index (χ2n) is 10.6. The van der Waals surface area contributed by atoms with Crippen molar-refractivity contribution in [1.29, 1.82) is 0 Å². The maximum absolute atomic E-state index is 14.4. The number of aromatic nitrogens is 1. The molecule has 42 heavy (non-hydrogen) atoms. The van der Waals surface area contributed by atoms with Crippen LogP contribution in [0.2, 0.25) is 10.0 Å². The molecule has 1 aliphatic carbocycles. The van der Waals surface area contributed by atoms with Crippen LogP contribution in [-0.4, -0.2) is 52.1 Å². The topological polar surface area (TPSA) is 85.1 Å². The van der Waals surface area contributed by atoms with Gasteiger partial charge in [-0.25, -0.2) is 13.3 Å². The van der Waals surface area contributed by atoms with Crippen molar-refractivity contribution >= 4 is 54.9 Å². The molecule has 13 heteroatoms. The quantitative estimate of drug-likeness (QED) is 0.225. The largest absolute Gasteiger partial charge is 0.573 e. The fraction of sp³-hybridized carbons (Fsp3) is 0.379. The van der Waals surface area contributed by atoms with Gasteiger partial charge in [-0.1, -0.05) is 23.2 Å². The van der Waals surface area contributed by atoms with Gasteiger partial charge in [0.1, 0.15) is 15.7 Å². The number of alkyl halides is 3. The van der Waals surface area contributed by atoms with Crippen molar-refractivity contribution in [3.8, 4) is 5.75 Å². The molecular formula is C29H28Cl2F3N3O4S. The van der Waals surface area contributed by atoms with E-state index in [4.69, 9.17) is 27.9 Å². The van der Waals surface area contributed by atoms with Gasteiger partial charge < -0.3 is 19.1 Å². The first-order valence-corrected chi connectivity index (χ1v) is 15.8. The summed E-state index contributed by atoms with van der Waals surface area (Å²) < 4.78 is 72.0. The summed E-state index contributed by atoms with van der Waals surface area (Å²) in [6.45, 7) is 0.720. The Bertz CT molecular complexity index is 1680. The van der Waals surface area contributed by atoms with E-state index in [9.17, 15) is 22.5 Å². The maximum Gasteiger partial charge on any atom is 0.573 e. The fourth-order valence-electron chi connectivity index (χ4n) is 5.41. The first kappa shape index (κ1) is 29.5. The lowest BCUT2D eigenvalue weighted by Crippen LogP contribution is -2.48. The Morgan fingerprint density at radius 2 is 1.62 bits per heavy atom. The highest BCUT2D eigenvalue weighted by atomic mass is 35.5. The normalized spacial score (nSPS) is 23.0. The highest BCUT2D eigenvalue weighted by molar-refractivity contribution is 7.91. The zero-order valence-electron chi connectivity index (χ0n) is 22.2. The zero-order chi connectivity index (χ0) is 29.6. The summed E-state index contributed by atoms with van der Waals surface area (Å²) in [6, 6.07) is 14.6. The molecule has 0 radical (unpaired) electrons. The van der Waals surface area contributed by atoms with Crippen molar-refractivity contribution in [2.45, 2.75) is 48.7 Å². The first-order valence-electron chi connectivity index (χ1n) is 13.5. The highest BCUT2D eigenvalue weighted by Crippen LogP contribution is 2.38. The molecule has 1 saturated heterocycles. The van der Waals surface area contributed by atoms with E-state index in [1.54, 1.807) is 12.1 Å². The number of aliphatic hydroxyl groups excluding tert-OH is 1. The van der Waals surface area contributed by atoms with Crippen LogP contribution in [0, 0.1) is 5.92 Å². The third kappa shape index (κ3) is 6.22. The van der Waals surface area contributed by atoms with Crippen LogP contribution >= 0.6 is 23.2 Å². The molecule has 3 aromatic carbocycles. The Kier molecular flexibility index (Phi) is 8.10. The maximum atomic E-state index is 14.4. The molecule has 224 valence electrons. The van der Waals surface area contributed by atoms with Gasteiger partial charge in [-0.3, -0.25) is 0 Å². The van der Waals surface area contributed by atoms with E-state index in [1.807, 2.05) is 28.8 Å². The van der Waals surface area contributed by atoms with Gasteiger partial charge in [0.2, 0.25) is 0 Å². The lowest BCUT2D eigenvalue weighted by molar-refractivity contribution is -0.274. The fourth-order valence-corrected chi connectivity index (χ4v) is 7.66. The number of fused-ring (bicyclic) bond motifs is 3. The van der Waals surface area contributed by atoms with E-state index in [1.165, 1.54) is 12.1 Å². The Balaban J connectivity index is 1.37. The monoisotopic (exact) mass is 641 g/mol. The van der Waals surface area contributed by atoms with E-state index in [-0.39, 0.29) is 11.5 Å². The van der Waals surface area contributed by atoms with Gasteiger partial charge in [0.15, 0.2) is 0 Å². The van der Waals surface area contributed by atoms with Gasteiger partial charge in [0, 0.05) is 38.5 Å². The van der Waals surface area contributed by atoms with Crippen molar-refractivity contribution in [2.75, 3.05) is 19.8 Å². The Morgan fingerprint density at radius 1 is 1.00 bits per heavy atom. The molecule has 1 saturated carbocycles. The second kappa shape index (κ2) is 11.5. The van der Waals surface area contributed by atoms with Crippen molar-refractivity contribution in [3.63, 3.8) is 0 Å². The van der Waals surface area contributed by atoms with Gasteiger partial charge in [0.25, 0.3) is 0 Å².